The molecule has 13 rings (SSSR count). The summed E-state index contributed by atoms with van der Waals surface area (Å²) < 4.78 is 11.4. The number of fused-ring (bicyclic) bond motifs is 16. The van der Waals surface area contributed by atoms with Crippen molar-refractivity contribution in [2.45, 2.75) is 12.8 Å². The molecular weight excluding hydrogens is 649 g/mol. The molecule has 5 nitrogen and oxygen atoms in total. The van der Waals surface area contributed by atoms with Crippen LogP contribution in [-0.4, -0.2) is 18.9 Å². The molecule has 0 saturated heterocycles. The molecule has 1 aliphatic rings. The van der Waals surface area contributed by atoms with Gasteiger partial charge in [0.05, 0.1) is 27.6 Å². The summed E-state index contributed by atoms with van der Waals surface area (Å²) in [6.45, 7) is 0. The molecular formula is C48H28N4O. The molecule has 1 aliphatic carbocycles. The lowest BCUT2D eigenvalue weighted by Crippen LogP contribution is -2.03. The molecule has 0 spiro atoms. The Hall–Kier alpha value is -6.98. The fourth-order valence-electron chi connectivity index (χ4n) is 9.43. The highest BCUT2D eigenvalue weighted by Crippen LogP contribution is 2.48. The molecule has 7 aromatic carbocycles. The van der Waals surface area contributed by atoms with Crippen molar-refractivity contribution in [1.29, 1.82) is 0 Å². The van der Waals surface area contributed by atoms with E-state index in [0.717, 1.165) is 51.6 Å². The Morgan fingerprint density at radius 1 is 0.566 bits per heavy atom. The molecule has 5 heterocycles. The standard InChI is InChI=1S/C48H28N4O/c1-2-13-29-25-30(22-21-27(29)11-1)43-47-44(34-17-7-10-20-40(34)53-47)50-48(49-43)52-39-24-23-28-12-3-4-14-31(28)41(39)36-26-35-32-15-5-8-18-37(32)51-38-19-9-6-16-33(38)42(45(35)51)46(36)52/h2-10,12-26H,1,11H2. The van der Waals surface area contributed by atoms with Crippen molar-refractivity contribution in [1.82, 2.24) is 18.9 Å². The van der Waals surface area contributed by atoms with Gasteiger partial charge >= 0.3 is 0 Å². The van der Waals surface area contributed by atoms with Crippen LogP contribution in [0.2, 0.25) is 0 Å². The minimum atomic E-state index is 0.630. The molecule has 0 saturated carbocycles. The lowest BCUT2D eigenvalue weighted by molar-refractivity contribution is 0.666. The summed E-state index contributed by atoms with van der Waals surface area (Å²) in [7, 11) is 0. The fourth-order valence-corrected chi connectivity index (χ4v) is 9.43. The third-order valence-electron chi connectivity index (χ3n) is 11.7. The van der Waals surface area contributed by atoms with Gasteiger partial charge in [0.1, 0.15) is 16.8 Å². The van der Waals surface area contributed by atoms with E-state index in [9.17, 15) is 0 Å². The second-order valence-corrected chi connectivity index (χ2v) is 14.4. The Balaban J connectivity index is 1.27. The predicted octanol–water partition coefficient (Wildman–Crippen LogP) is 12.4. The first-order chi connectivity index (χ1) is 26.3. The molecule has 53 heavy (non-hydrogen) atoms. The van der Waals surface area contributed by atoms with Gasteiger partial charge in [-0.2, -0.15) is 0 Å². The van der Waals surface area contributed by atoms with E-state index >= 15 is 0 Å². The maximum Gasteiger partial charge on any atom is 0.236 e. The van der Waals surface area contributed by atoms with E-state index in [1.54, 1.807) is 0 Å². The summed E-state index contributed by atoms with van der Waals surface area (Å²) in [5.41, 5.74) is 12.6. The highest BCUT2D eigenvalue weighted by Gasteiger charge is 2.27. The quantitative estimate of drug-likeness (QED) is 0.183. The van der Waals surface area contributed by atoms with Crippen LogP contribution in [0.15, 0.2) is 144 Å². The first-order valence-electron chi connectivity index (χ1n) is 18.3. The Morgan fingerprint density at radius 2 is 1.34 bits per heavy atom. The van der Waals surface area contributed by atoms with Crippen LogP contribution in [0.3, 0.4) is 0 Å². The molecule has 0 atom stereocenters. The van der Waals surface area contributed by atoms with Gasteiger partial charge < -0.3 is 8.82 Å². The third-order valence-corrected chi connectivity index (χ3v) is 11.7. The van der Waals surface area contributed by atoms with E-state index in [1.807, 2.05) is 12.1 Å². The SMILES string of the molecule is C1=Cc2cc(-c3nc(-n4c5ccc6ccccc6c5c5cc6c7ccccc7n7c8ccccc8c(c54)c67)nc4c3oc3ccccc34)ccc2CC1. The van der Waals surface area contributed by atoms with Crippen molar-refractivity contribution in [2.75, 3.05) is 0 Å². The van der Waals surface area contributed by atoms with Crippen LogP contribution in [0.4, 0.5) is 0 Å². The number of furan rings is 1. The number of nitrogens with zero attached hydrogens (tertiary/aromatic N) is 4. The average molecular weight is 677 g/mol. The van der Waals surface area contributed by atoms with Gasteiger partial charge in [-0.25, -0.2) is 9.97 Å². The predicted molar refractivity (Wildman–Crippen MR) is 219 cm³/mol. The van der Waals surface area contributed by atoms with E-state index in [-0.39, 0.29) is 0 Å². The molecule has 0 bridgehead atoms. The molecule has 0 radical (unpaired) electrons. The minimum absolute atomic E-state index is 0.630. The Kier molecular flexibility index (Phi) is 5.16. The van der Waals surface area contributed by atoms with Crippen molar-refractivity contribution < 1.29 is 4.42 Å². The summed E-state index contributed by atoms with van der Waals surface area (Å²) in [5.74, 6) is 0.630. The molecule has 0 unspecified atom stereocenters. The molecule has 5 aromatic heterocycles. The molecule has 0 N–H and O–H groups in total. The molecule has 246 valence electrons. The number of para-hydroxylation sites is 3. The summed E-state index contributed by atoms with van der Waals surface area (Å²) >= 11 is 0. The smallest absolute Gasteiger partial charge is 0.236 e. The van der Waals surface area contributed by atoms with Gasteiger partial charge in [0.2, 0.25) is 5.95 Å². The molecule has 0 fully saturated rings. The summed E-state index contributed by atoms with van der Waals surface area (Å²) in [5, 5.41) is 10.7. The van der Waals surface area contributed by atoms with Crippen molar-refractivity contribution >= 4 is 98.8 Å². The second-order valence-electron chi connectivity index (χ2n) is 14.4. The van der Waals surface area contributed by atoms with Gasteiger partial charge in [-0.15, -0.1) is 0 Å². The van der Waals surface area contributed by atoms with Crippen molar-refractivity contribution in [3.63, 3.8) is 0 Å². The summed E-state index contributed by atoms with van der Waals surface area (Å²) in [6, 6.07) is 48.2. The van der Waals surface area contributed by atoms with Crippen molar-refractivity contribution in [3.8, 4) is 17.2 Å². The maximum absolute atomic E-state index is 6.62. The van der Waals surface area contributed by atoms with Gasteiger partial charge in [-0.1, -0.05) is 103 Å². The summed E-state index contributed by atoms with van der Waals surface area (Å²) in [4.78, 5) is 11.0. The van der Waals surface area contributed by atoms with Crippen LogP contribution < -0.4 is 0 Å². The largest absolute Gasteiger partial charge is 0.452 e. The topological polar surface area (TPSA) is 48.3 Å². The average Bonchev–Trinajstić information content (AvgIpc) is 3.95. The normalized spacial score (nSPS) is 13.4. The van der Waals surface area contributed by atoms with E-state index in [4.69, 9.17) is 14.4 Å². The number of rotatable bonds is 2. The van der Waals surface area contributed by atoms with Crippen molar-refractivity contribution in [2.24, 2.45) is 0 Å². The first kappa shape index (κ1) is 27.7. The van der Waals surface area contributed by atoms with Gasteiger partial charge in [0, 0.05) is 43.3 Å². The van der Waals surface area contributed by atoms with E-state index < -0.39 is 0 Å². The monoisotopic (exact) mass is 676 g/mol. The van der Waals surface area contributed by atoms with E-state index in [0.29, 0.717) is 11.5 Å². The van der Waals surface area contributed by atoms with Crippen LogP contribution in [0, 0.1) is 0 Å². The fraction of sp³-hybridized carbons (Fsp3) is 0.0417. The van der Waals surface area contributed by atoms with Crippen LogP contribution in [0.25, 0.3) is 116 Å². The number of hydrogen-bond acceptors (Lipinski definition) is 3. The van der Waals surface area contributed by atoms with E-state index in [2.05, 4.69) is 142 Å². The number of allylic oxidation sites excluding steroid dienone is 1. The Bertz CT molecular complexity index is 3580. The van der Waals surface area contributed by atoms with Crippen LogP contribution in [0.5, 0.6) is 0 Å². The first-order valence-corrected chi connectivity index (χ1v) is 18.3. The maximum atomic E-state index is 6.62. The second kappa shape index (κ2) is 9.87. The van der Waals surface area contributed by atoms with Crippen LogP contribution in [-0.2, 0) is 6.42 Å². The number of aromatic nitrogens is 4. The Morgan fingerprint density at radius 3 is 2.25 bits per heavy atom. The highest BCUT2D eigenvalue weighted by atomic mass is 16.3. The minimum Gasteiger partial charge on any atom is -0.452 e. The van der Waals surface area contributed by atoms with Crippen molar-refractivity contribution in [3.05, 3.63) is 151 Å². The van der Waals surface area contributed by atoms with Crippen LogP contribution in [0.1, 0.15) is 17.5 Å². The summed E-state index contributed by atoms with van der Waals surface area (Å²) in [6.07, 6.45) is 6.61. The van der Waals surface area contributed by atoms with Gasteiger partial charge in [-0.05, 0) is 77.2 Å². The molecule has 5 heteroatoms. The zero-order chi connectivity index (χ0) is 34.4. The molecule has 12 aromatic rings. The van der Waals surface area contributed by atoms with E-state index in [1.165, 1.54) is 70.8 Å². The number of aryl methyl sites for hydroxylation is 1. The highest BCUT2D eigenvalue weighted by molar-refractivity contribution is 6.36. The van der Waals surface area contributed by atoms with Gasteiger partial charge in [-0.3, -0.25) is 4.57 Å². The molecule has 0 amide bonds. The molecule has 0 aliphatic heterocycles. The van der Waals surface area contributed by atoms with Gasteiger partial charge in [0.15, 0.2) is 5.58 Å². The number of hydrogen-bond donors (Lipinski definition) is 0. The third kappa shape index (κ3) is 3.51. The van der Waals surface area contributed by atoms with Gasteiger partial charge in [0.25, 0.3) is 0 Å². The number of benzene rings is 7. The zero-order valence-corrected chi connectivity index (χ0v) is 28.5. The lowest BCUT2D eigenvalue weighted by Gasteiger charge is -2.13. The Labute approximate surface area is 302 Å². The lowest BCUT2D eigenvalue weighted by atomic mass is 9.94. The zero-order valence-electron chi connectivity index (χ0n) is 28.5. The van der Waals surface area contributed by atoms with Crippen LogP contribution >= 0.6 is 0 Å².